The van der Waals surface area contributed by atoms with Gasteiger partial charge in [-0.05, 0) is 35.0 Å². The highest BCUT2D eigenvalue weighted by molar-refractivity contribution is 8.01. The van der Waals surface area contributed by atoms with E-state index in [0.717, 1.165) is 21.4 Å². The molecule has 3 aromatic rings. The van der Waals surface area contributed by atoms with Crippen molar-refractivity contribution in [3.05, 3.63) is 66.7 Å². The molecule has 0 unspecified atom stereocenters. The van der Waals surface area contributed by atoms with Gasteiger partial charge in [-0.1, -0.05) is 42.5 Å². The number of para-hydroxylation sites is 1. The van der Waals surface area contributed by atoms with E-state index in [4.69, 9.17) is 0 Å². The summed E-state index contributed by atoms with van der Waals surface area (Å²) in [6, 6.07) is 20.3. The van der Waals surface area contributed by atoms with Crippen molar-refractivity contribution in [2.45, 2.75) is 21.5 Å². The minimum atomic E-state index is -3.64. The predicted octanol–water partition coefficient (Wildman–Crippen LogP) is 3.18. The Balaban J connectivity index is 1.22. The first-order chi connectivity index (χ1) is 15.9. The Kier molecular flexibility index (Phi) is 5.86. The lowest BCUT2D eigenvalue weighted by Gasteiger charge is -2.35. The number of hydrogen-bond donors (Lipinski definition) is 1. The minimum Gasteiger partial charge on any atom is -0.340 e. The van der Waals surface area contributed by atoms with Gasteiger partial charge < -0.3 is 10.2 Å². The van der Waals surface area contributed by atoms with Crippen LogP contribution in [0.25, 0.3) is 10.8 Å². The summed E-state index contributed by atoms with van der Waals surface area (Å²) in [6.07, 6.45) is 0.0856. The summed E-state index contributed by atoms with van der Waals surface area (Å²) in [5.41, 5.74) is 0.767. The molecule has 0 spiro atoms. The minimum absolute atomic E-state index is 0.0856. The topological polar surface area (TPSA) is 86.8 Å². The maximum absolute atomic E-state index is 13.2. The Morgan fingerprint density at radius 3 is 2.42 bits per heavy atom. The van der Waals surface area contributed by atoms with Crippen LogP contribution in [0.15, 0.2) is 76.5 Å². The van der Waals surface area contributed by atoms with Crippen LogP contribution in [-0.2, 0) is 19.6 Å². The number of sulfonamides is 1. The van der Waals surface area contributed by atoms with Crippen LogP contribution in [0.2, 0.25) is 0 Å². The maximum atomic E-state index is 13.2. The van der Waals surface area contributed by atoms with E-state index in [1.54, 1.807) is 17.0 Å². The van der Waals surface area contributed by atoms with Crippen LogP contribution >= 0.6 is 11.8 Å². The Morgan fingerprint density at radius 2 is 1.64 bits per heavy atom. The molecule has 5 rings (SSSR count). The van der Waals surface area contributed by atoms with Gasteiger partial charge in [0.15, 0.2) is 0 Å². The third-order valence-corrected chi connectivity index (χ3v) is 9.19. The van der Waals surface area contributed by atoms with Gasteiger partial charge in [0, 0.05) is 37.5 Å². The van der Waals surface area contributed by atoms with Gasteiger partial charge in [-0.3, -0.25) is 9.59 Å². The van der Waals surface area contributed by atoms with E-state index in [9.17, 15) is 18.0 Å². The lowest BCUT2D eigenvalue weighted by atomic mass is 10.1. The molecule has 1 saturated heterocycles. The van der Waals surface area contributed by atoms with Crippen LogP contribution in [0.1, 0.15) is 6.42 Å². The largest absolute Gasteiger partial charge is 0.340 e. The van der Waals surface area contributed by atoms with Gasteiger partial charge >= 0.3 is 0 Å². The lowest BCUT2D eigenvalue weighted by Crippen LogP contribution is -2.51. The second-order valence-corrected chi connectivity index (χ2v) is 11.3. The van der Waals surface area contributed by atoms with Gasteiger partial charge in [0.2, 0.25) is 21.8 Å². The zero-order valence-corrected chi connectivity index (χ0v) is 19.4. The molecule has 0 saturated carbocycles. The molecule has 170 valence electrons. The number of carbonyl (C=O) groups excluding carboxylic acids is 2. The molecule has 0 aliphatic carbocycles. The van der Waals surface area contributed by atoms with Crippen molar-refractivity contribution < 1.29 is 18.0 Å². The number of piperazine rings is 1. The van der Waals surface area contributed by atoms with Gasteiger partial charge in [0.25, 0.3) is 0 Å². The molecular formula is C24H23N3O4S2. The number of nitrogens with zero attached hydrogens (tertiary/aromatic N) is 2. The van der Waals surface area contributed by atoms with Crippen LogP contribution < -0.4 is 5.32 Å². The summed E-state index contributed by atoms with van der Waals surface area (Å²) >= 11 is 1.39. The molecule has 7 nitrogen and oxygen atoms in total. The maximum Gasteiger partial charge on any atom is 0.243 e. The molecule has 0 radical (unpaired) electrons. The van der Waals surface area contributed by atoms with Crippen molar-refractivity contribution >= 4 is 50.1 Å². The van der Waals surface area contributed by atoms with Gasteiger partial charge in [-0.2, -0.15) is 4.31 Å². The third-order valence-electron chi connectivity index (χ3n) is 6.02. The summed E-state index contributed by atoms with van der Waals surface area (Å²) < 4.78 is 27.7. The Bertz CT molecular complexity index is 1330. The number of thioether (sulfide) groups is 1. The molecule has 2 amide bonds. The number of anilines is 1. The van der Waals surface area contributed by atoms with Crippen LogP contribution in [-0.4, -0.2) is 60.9 Å². The first-order valence-electron chi connectivity index (χ1n) is 10.7. The van der Waals surface area contributed by atoms with Crippen LogP contribution in [0, 0.1) is 0 Å². The van der Waals surface area contributed by atoms with E-state index in [-0.39, 0.29) is 36.2 Å². The van der Waals surface area contributed by atoms with Crippen molar-refractivity contribution in [3.63, 3.8) is 0 Å². The molecule has 1 N–H and O–H groups in total. The van der Waals surface area contributed by atoms with Crippen LogP contribution in [0.4, 0.5) is 5.69 Å². The van der Waals surface area contributed by atoms with Crippen molar-refractivity contribution in [2.24, 2.45) is 0 Å². The van der Waals surface area contributed by atoms with E-state index in [0.29, 0.717) is 13.1 Å². The molecule has 2 aliphatic rings. The predicted molar refractivity (Wildman–Crippen MR) is 129 cm³/mol. The quantitative estimate of drug-likeness (QED) is 0.619. The van der Waals surface area contributed by atoms with Crippen LogP contribution in [0.3, 0.4) is 0 Å². The first-order valence-corrected chi connectivity index (χ1v) is 13.1. The van der Waals surface area contributed by atoms with Gasteiger partial charge in [0.05, 0.1) is 15.8 Å². The van der Waals surface area contributed by atoms with E-state index >= 15 is 0 Å². The zero-order chi connectivity index (χ0) is 23.0. The second kappa shape index (κ2) is 8.81. The Labute approximate surface area is 196 Å². The molecule has 3 aromatic carbocycles. The molecule has 9 heteroatoms. The molecule has 1 fully saturated rings. The van der Waals surface area contributed by atoms with E-state index in [2.05, 4.69) is 5.32 Å². The zero-order valence-electron chi connectivity index (χ0n) is 17.8. The third kappa shape index (κ3) is 4.36. The van der Waals surface area contributed by atoms with Crippen molar-refractivity contribution in [2.75, 3.05) is 31.5 Å². The van der Waals surface area contributed by atoms with Gasteiger partial charge in [-0.25, -0.2) is 8.42 Å². The summed E-state index contributed by atoms with van der Waals surface area (Å²) in [7, 11) is -3.64. The number of fused-ring (bicyclic) bond motifs is 2. The highest BCUT2D eigenvalue weighted by Crippen LogP contribution is 2.37. The second-order valence-electron chi connectivity index (χ2n) is 8.09. The number of benzene rings is 3. The average molecular weight is 482 g/mol. The van der Waals surface area contributed by atoms with Gasteiger partial charge in [0.1, 0.15) is 0 Å². The fourth-order valence-electron chi connectivity index (χ4n) is 4.17. The summed E-state index contributed by atoms with van der Waals surface area (Å²) in [5, 5.41) is 4.22. The van der Waals surface area contributed by atoms with Crippen molar-refractivity contribution in [3.8, 4) is 0 Å². The molecule has 2 aliphatic heterocycles. The molecule has 0 bridgehead atoms. The fourth-order valence-corrected chi connectivity index (χ4v) is 6.73. The number of nitrogens with one attached hydrogen (secondary N) is 1. The normalized spacial score (nSPS) is 19.2. The van der Waals surface area contributed by atoms with Crippen LogP contribution in [0.5, 0.6) is 0 Å². The number of amides is 2. The smallest absolute Gasteiger partial charge is 0.243 e. The fraction of sp³-hybridized carbons (Fsp3) is 0.250. The molecule has 0 aromatic heterocycles. The standard InChI is InChI=1S/C24H23N3O4S2/c28-23(16-22-24(29)25-20-7-3-4-8-21(20)32-22)26-11-13-27(14-12-26)33(30,31)19-10-9-17-5-1-2-6-18(17)15-19/h1-10,15,22H,11-14,16H2,(H,25,29)/t22-/m0/s1. The number of hydrogen-bond acceptors (Lipinski definition) is 5. The summed E-state index contributed by atoms with van der Waals surface area (Å²) in [4.78, 5) is 28.1. The monoisotopic (exact) mass is 481 g/mol. The molecule has 1 atom stereocenters. The first kappa shape index (κ1) is 21.9. The average Bonchev–Trinajstić information content (AvgIpc) is 2.84. The highest BCUT2D eigenvalue weighted by Gasteiger charge is 2.33. The molecular weight excluding hydrogens is 458 g/mol. The number of carbonyl (C=O) groups is 2. The van der Waals surface area contributed by atoms with Gasteiger partial charge in [-0.15, -0.1) is 11.8 Å². The molecule has 33 heavy (non-hydrogen) atoms. The lowest BCUT2D eigenvalue weighted by molar-refractivity contribution is -0.133. The Morgan fingerprint density at radius 1 is 0.939 bits per heavy atom. The summed E-state index contributed by atoms with van der Waals surface area (Å²) in [5.74, 6) is -0.311. The SMILES string of the molecule is O=C1Nc2ccccc2S[C@H]1CC(=O)N1CCN(S(=O)(=O)c2ccc3ccccc3c2)CC1. The Hall–Kier alpha value is -2.88. The van der Waals surface area contributed by atoms with E-state index in [1.165, 1.54) is 16.1 Å². The summed E-state index contributed by atoms with van der Waals surface area (Å²) in [6.45, 7) is 1.07. The molecule has 2 heterocycles. The number of rotatable bonds is 4. The van der Waals surface area contributed by atoms with Crippen molar-refractivity contribution in [1.82, 2.24) is 9.21 Å². The van der Waals surface area contributed by atoms with Crippen molar-refractivity contribution in [1.29, 1.82) is 0 Å². The van der Waals surface area contributed by atoms with E-state index < -0.39 is 15.3 Å². The van der Waals surface area contributed by atoms with E-state index in [1.807, 2.05) is 54.6 Å². The highest BCUT2D eigenvalue weighted by atomic mass is 32.2.